The van der Waals surface area contributed by atoms with Crippen molar-refractivity contribution in [2.24, 2.45) is 0 Å². The van der Waals surface area contributed by atoms with Gasteiger partial charge in [0.1, 0.15) is 11.5 Å². The smallest absolute Gasteiger partial charge is 0.234 e. The Morgan fingerprint density at radius 2 is 1.97 bits per heavy atom. The maximum absolute atomic E-state index is 12.5. The second-order valence-electron chi connectivity index (χ2n) is 7.02. The Kier molecular flexibility index (Phi) is 8.41. The van der Waals surface area contributed by atoms with Gasteiger partial charge in [-0.2, -0.15) is 0 Å². The van der Waals surface area contributed by atoms with Gasteiger partial charge in [-0.05, 0) is 63.6 Å². The second-order valence-corrected chi connectivity index (χ2v) is 8.40. The standard InChI is InChI=1S/C23H27ClN4O3S/c1-5-28-22(16(4)31-19-12-11-17(24)13-15(19)3)26-27-23(28)32-14-21(29)25-18-9-7-8-10-20(18)30-6-2/h7-13,16H,5-6,14H2,1-4H3,(H,25,29). The van der Waals surface area contributed by atoms with Gasteiger partial charge < -0.3 is 19.4 Å². The molecular formula is C23H27ClN4O3S. The van der Waals surface area contributed by atoms with Crippen LogP contribution in [0.2, 0.25) is 5.02 Å². The largest absolute Gasteiger partial charge is 0.492 e. The lowest BCUT2D eigenvalue weighted by molar-refractivity contribution is -0.113. The van der Waals surface area contributed by atoms with Gasteiger partial charge in [0.2, 0.25) is 5.91 Å². The van der Waals surface area contributed by atoms with Gasteiger partial charge in [-0.25, -0.2) is 0 Å². The first-order valence-corrected chi connectivity index (χ1v) is 11.8. The molecule has 9 heteroatoms. The zero-order valence-corrected chi connectivity index (χ0v) is 20.2. The van der Waals surface area contributed by atoms with Gasteiger partial charge in [0.05, 0.1) is 18.0 Å². The highest BCUT2D eigenvalue weighted by molar-refractivity contribution is 7.99. The van der Waals surface area contributed by atoms with Crippen LogP contribution in [0.4, 0.5) is 5.69 Å². The molecule has 0 aliphatic rings. The first-order valence-electron chi connectivity index (χ1n) is 10.4. The Hall–Kier alpha value is -2.71. The number of halogens is 1. The molecule has 0 aliphatic heterocycles. The van der Waals surface area contributed by atoms with Crippen molar-refractivity contribution in [2.45, 2.75) is 45.5 Å². The van der Waals surface area contributed by atoms with Gasteiger partial charge in [-0.3, -0.25) is 4.79 Å². The topological polar surface area (TPSA) is 78.3 Å². The van der Waals surface area contributed by atoms with E-state index in [9.17, 15) is 4.79 Å². The van der Waals surface area contributed by atoms with E-state index < -0.39 is 0 Å². The number of benzene rings is 2. The molecule has 1 aromatic heterocycles. The Morgan fingerprint density at radius 3 is 2.69 bits per heavy atom. The SMILES string of the molecule is CCOc1ccccc1NC(=O)CSc1nnc(C(C)Oc2ccc(Cl)cc2C)n1CC. The molecule has 0 radical (unpaired) electrons. The van der Waals surface area contributed by atoms with E-state index in [0.717, 1.165) is 11.3 Å². The maximum atomic E-state index is 12.5. The molecule has 32 heavy (non-hydrogen) atoms. The highest BCUT2D eigenvalue weighted by Gasteiger charge is 2.20. The lowest BCUT2D eigenvalue weighted by Crippen LogP contribution is -2.16. The summed E-state index contributed by atoms with van der Waals surface area (Å²) >= 11 is 7.36. The molecule has 0 aliphatic carbocycles. The van der Waals surface area contributed by atoms with Crippen LogP contribution in [0.1, 0.15) is 38.3 Å². The lowest BCUT2D eigenvalue weighted by Gasteiger charge is -2.17. The molecule has 7 nitrogen and oxygen atoms in total. The molecule has 1 amide bonds. The van der Waals surface area contributed by atoms with E-state index in [1.165, 1.54) is 11.8 Å². The number of amides is 1. The zero-order valence-electron chi connectivity index (χ0n) is 18.6. The molecule has 0 saturated carbocycles. The summed E-state index contributed by atoms with van der Waals surface area (Å²) in [6.07, 6.45) is -0.316. The molecule has 3 rings (SSSR count). The fourth-order valence-corrected chi connectivity index (χ4v) is 4.20. The Morgan fingerprint density at radius 1 is 1.19 bits per heavy atom. The van der Waals surface area contributed by atoms with Gasteiger partial charge >= 0.3 is 0 Å². The number of hydrogen-bond donors (Lipinski definition) is 1. The number of aryl methyl sites for hydroxylation is 1. The number of nitrogens with zero attached hydrogens (tertiary/aromatic N) is 3. The fraction of sp³-hybridized carbons (Fsp3) is 0.348. The van der Waals surface area contributed by atoms with E-state index in [1.54, 1.807) is 6.07 Å². The zero-order chi connectivity index (χ0) is 23.1. The summed E-state index contributed by atoms with van der Waals surface area (Å²) in [7, 11) is 0. The van der Waals surface area contributed by atoms with Crippen molar-refractivity contribution in [3.8, 4) is 11.5 Å². The highest BCUT2D eigenvalue weighted by Crippen LogP contribution is 2.29. The van der Waals surface area contributed by atoms with E-state index in [4.69, 9.17) is 21.1 Å². The van der Waals surface area contributed by atoms with Crippen molar-refractivity contribution in [2.75, 3.05) is 17.7 Å². The van der Waals surface area contributed by atoms with Crippen molar-refractivity contribution in [3.63, 3.8) is 0 Å². The average molecular weight is 475 g/mol. The van der Waals surface area contributed by atoms with Gasteiger partial charge in [-0.15, -0.1) is 10.2 Å². The third-order valence-electron chi connectivity index (χ3n) is 4.66. The van der Waals surface area contributed by atoms with Gasteiger partial charge in [0, 0.05) is 11.6 Å². The number of anilines is 1. The number of hydrogen-bond acceptors (Lipinski definition) is 6. The average Bonchev–Trinajstić information content (AvgIpc) is 3.19. The quantitative estimate of drug-likeness (QED) is 0.389. The summed E-state index contributed by atoms with van der Waals surface area (Å²) in [6, 6.07) is 12.9. The lowest BCUT2D eigenvalue weighted by atomic mass is 10.2. The molecule has 0 spiro atoms. The summed E-state index contributed by atoms with van der Waals surface area (Å²) in [4.78, 5) is 12.5. The number of carbonyl (C=O) groups is 1. The van der Waals surface area contributed by atoms with Gasteiger partial charge in [-0.1, -0.05) is 35.5 Å². The van der Waals surface area contributed by atoms with Gasteiger partial charge in [0.15, 0.2) is 17.1 Å². The predicted molar refractivity (Wildman–Crippen MR) is 128 cm³/mol. The number of rotatable bonds is 10. The van der Waals surface area contributed by atoms with E-state index in [2.05, 4.69) is 15.5 Å². The van der Waals surface area contributed by atoms with E-state index in [-0.39, 0.29) is 17.8 Å². The summed E-state index contributed by atoms with van der Waals surface area (Å²) in [6.45, 7) is 8.98. The first kappa shape index (κ1) is 23.9. The number of nitrogens with one attached hydrogen (secondary N) is 1. The molecule has 0 bridgehead atoms. The van der Waals surface area contributed by atoms with Crippen LogP contribution in [-0.2, 0) is 11.3 Å². The van der Waals surface area contributed by atoms with E-state index in [0.29, 0.717) is 40.6 Å². The summed E-state index contributed by atoms with van der Waals surface area (Å²) in [5, 5.41) is 12.8. The van der Waals surface area contributed by atoms with Crippen molar-refractivity contribution in [1.29, 1.82) is 0 Å². The molecule has 2 aromatic carbocycles. The minimum atomic E-state index is -0.316. The minimum Gasteiger partial charge on any atom is -0.492 e. The number of thioether (sulfide) groups is 1. The number of ether oxygens (including phenoxy) is 2. The van der Waals surface area contributed by atoms with Crippen molar-refractivity contribution < 1.29 is 14.3 Å². The van der Waals surface area contributed by atoms with Crippen LogP contribution < -0.4 is 14.8 Å². The van der Waals surface area contributed by atoms with Crippen LogP contribution in [0, 0.1) is 6.92 Å². The van der Waals surface area contributed by atoms with Crippen LogP contribution in [0.3, 0.4) is 0 Å². The number of para-hydroxylation sites is 2. The van der Waals surface area contributed by atoms with Crippen LogP contribution in [-0.4, -0.2) is 33.0 Å². The van der Waals surface area contributed by atoms with Crippen molar-refractivity contribution >= 4 is 35.0 Å². The fourth-order valence-electron chi connectivity index (χ4n) is 3.16. The molecule has 1 N–H and O–H groups in total. The normalized spacial score (nSPS) is 11.8. The van der Waals surface area contributed by atoms with Gasteiger partial charge in [0.25, 0.3) is 0 Å². The predicted octanol–water partition coefficient (Wildman–Crippen LogP) is 5.53. The van der Waals surface area contributed by atoms with Crippen molar-refractivity contribution in [1.82, 2.24) is 14.8 Å². The molecule has 0 fully saturated rings. The third kappa shape index (κ3) is 5.95. The van der Waals surface area contributed by atoms with Crippen LogP contribution in [0.15, 0.2) is 47.6 Å². The van der Waals surface area contributed by atoms with E-state index in [1.807, 2.05) is 68.7 Å². The number of aromatic nitrogens is 3. The summed E-state index contributed by atoms with van der Waals surface area (Å²) in [5.74, 6) is 2.15. The first-order chi connectivity index (χ1) is 15.4. The van der Waals surface area contributed by atoms with E-state index >= 15 is 0 Å². The Labute approximate surface area is 197 Å². The summed E-state index contributed by atoms with van der Waals surface area (Å²) < 4.78 is 13.6. The molecule has 1 atom stereocenters. The third-order valence-corrected chi connectivity index (χ3v) is 5.86. The molecule has 1 heterocycles. The highest BCUT2D eigenvalue weighted by atomic mass is 35.5. The molecule has 1 unspecified atom stereocenters. The Bertz CT molecular complexity index is 1070. The number of carbonyl (C=O) groups excluding carboxylic acids is 1. The monoisotopic (exact) mass is 474 g/mol. The van der Waals surface area contributed by atoms with Crippen LogP contribution in [0.25, 0.3) is 0 Å². The second kappa shape index (κ2) is 11.2. The minimum absolute atomic E-state index is 0.143. The van der Waals surface area contributed by atoms with Crippen molar-refractivity contribution in [3.05, 3.63) is 58.9 Å². The molecule has 170 valence electrons. The van der Waals surface area contributed by atoms with Crippen LogP contribution >= 0.6 is 23.4 Å². The molecule has 3 aromatic rings. The molecular weight excluding hydrogens is 448 g/mol. The molecule has 0 saturated heterocycles. The van der Waals surface area contributed by atoms with Crippen LogP contribution in [0.5, 0.6) is 11.5 Å². The Balaban J connectivity index is 1.65. The summed E-state index contributed by atoms with van der Waals surface area (Å²) in [5.41, 5.74) is 1.60. The maximum Gasteiger partial charge on any atom is 0.234 e.